The summed E-state index contributed by atoms with van der Waals surface area (Å²) in [5.74, 6) is 0.626. The van der Waals surface area contributed by atoms with Crippen LogP contribution in [0.4, 0.5) is 0 Å². The molecule has 2 N–H and O–H groups in total. The maximum absolute atomic E-state index is 13.2. The number of pyridine rings is 1. The molecule has 0 spiro atoms. The van der Waals surface area contributed by atoms with Crippen molar-refractivity contribution >= 4 is 5.91 Å². The minimum absolute atomic E-state index is 0.110. The Bertz CT molecular complexity index is 842. The Hall–Kier alpha value is -2.93. The third kappa shape index (κ3) is 3.32. The van der Waals surface area contributed by atoms with E-state index in [4.69, 9.17) is 4.42 Å². The standard InChI is InChI=1S/C18H19N5O2/c24-18(17-15-10-20-7-5-16(15)21-22-17)23(12-14-4-2-8-25-14)11-13-3-1-6-19-9-13/h1-4,6,8-9,20H,5,7,10-12H2,(H,21,22). The molecule has 0 fully saturated rings. The first-order chi connectivity index (χ1) is 12.3. The number of hydrogen-bond acceptors (Lipinski definition) is 5. The van der Waals surface area contributed by atoms with Crippen LogP contribution in [-0.2, 0) is 26.1 Å². The maximum Gasteiger partial charge on any atom is 0.275 e. The lowest BCUT2D eigenvalue weighted by atomic mass is 10.1. The molecule has 0 aromatic carbocycles. The van der Waals surface area contributed by atoms with Gasteiger partial charge in [0.25, 0.3) is 5.91 Å². The van der Waals surface area contributed by atoms with Gasteiger partial charge in [0.2, 0.25) is 0 Å². The summed E-state index contributed by atoms with van der Waals surface area (Å²) in [6.07, 6.45) is 5.96. The van der Waals surface area contributed by atoms with Crippen LogP contribution in [0.15, 0.2) is 47.3 Å². The number of rotatable bonds is 5. The second-order valence-electron chi connectivity index (χ2n) is 6.06. The van der Waals surface area contributed by atoms with Gasteiger partial charge in [0.05, 0.1) is 12.8 Å². The summed E-state index contributed by atoms with van der Waals surface area (Å²) in [6, 6.07) is 7.51. The Morgan fingerprint density at radius 2 is 2.24 bits per heavy atom. The zero-order valence-electron chi connectivity index (χ0n) is 13.7. The van der Waals surface area contributed by atoms with Crippen molar-refractivity contribution in [2.75, 3.05) is 6.54 Å². The van der Waals surface area contributed by atoms with Crippen molar-refractivity contribution in [3.8, 4) is 0 Å². The number of hydrogen-bond donors (Lipinski definition) is 2. The third-order valence-corrected chi connectivity index (χ3v) is 4.32. The van der Waals surface area contributed by atoms with E-state index in [-0.39, 0.29) is 5.91 Å². The van der Waals surface area contributed by atoms with E-state index in [9.17, 15) is 4.79 Å². The molecule has 3 aromatic rings. The van der Waals surface area contributed by atoms with Crippen molar-refractivity contribution < 1.29 is 9.21 Å². The van der Waals surface area contributed by atoms with E-state index in [0.29, 0.717) is 25.3 Å². The zero-order chi connectivity index (χ0) is 17.1. The molecule has 0 aliphatic carbocycles. The number of nitrogens with zero attached hydrogens (tertiary/aromatic N) is 3. The molecular formula is C18H19N5O2. The molecule has 128 valence electrons. The molecule has 3 aromatic heterocycles. The number of H-pyrrole nitrogens is 1. The first kappa shape index (κ1) is 15.6. The normalized spacial score (nSPS) is 13.4. The Morgan fingerprint density at radius 3 is 3.04 bits per heavy atom. The summed E-state index contributed by atoms with van der Waals surface area (Å²) in [4.78, 5) is 19.0. The molecule has 0 saturated heterocycles. The van der Waals surface area contributed by atoms with Gasteiger partial charge in [0.15, 0.2) is 5.69 Å². The lowest BCUT2D eigenvalue weighted by molar-refractivity contribution is 0.0710. The van der Waals surface area contributed by atoms with Gasteiger partial charge in [-0.25, -0.2) is 0 Å². The minimum Gasteiger partial charge on any atom is -0.467 e. The van der Waals surface area contributed by atoms with Crippen molar-refractivity contribution in [3.63, 3.8) is 0 Å². The van der Waals surface area contributed by atoms with Crippen molar-refractivity contribution in [3.05, 3.63) is 71.2 Å². The molecule has 0 radical (unpaired) electrons. The molecule has 4 rings (SSSR count). The molecule has 0 bridgehead atoms. The molecule has 1 aliphatic heterocycles. The predicted octanol–water partition coefficient (Wildman–Crippen LogP) is 1.89. The second kappa shape index (κ2) is 6.90. The molecule has 0 saturated carbocycles. The number of amides is 1. The number of aromatic amines is 1. The van der Waals surface area contributed by atoms with E-state index in [1.165, 1.54) is 0 Å². The van der Waals surface area contributed by atoms with Gasteiger partial charge in [-0.05, 0) is 23.8 Å². The molecule has 4 heterocycles. The van der Waals surface area contributed by atoms with E-state index in [0.717, 1.165) is 35.5 Å². The Morgan fingerprint density at radius 1 is 1.28 bits per heavy atom. The van der Waals surface area contributed by atoms with Crippen LogP contribution in [0.2, 0.25) is 0 Å². The van der Waals surface area contributed by atoms with Gasteiger partial charge in [0.1, 0.15) is 5.76 Å². The van der Waals surface area contributed by atoms with E-state index >= 15 is 0 Å². The highest BCUT2D eigenvalue weighted by atomic mass is 16.3. The van der Waals surface area contributed by atoms with Crippen LogP contribution in [0.25, 0.3) is 0 Å². The highest BCUT2D eigenvalue weighted by molar-refractivity contribution is 5.94. The van der Waals surface area contributed by atoms with Crippen molar-refractivity contribution in [1.29, 1.82) is 0 Å². The average molecular weight is 337 g/mol. The lowest BCUT2D eigenvalue weighted by Crippen LogP contribution is -2.32. The number of furan rings is 1. The monoisotopic (exact) mass is 337 g/mol. The fraction of sp³-hybridized carbons (Fsp3) is 0.278. The molecule has 1 amide bonds. The second-order valence-corrected chi connectivity index (χ2v) is 6.06. The van der Waals surface area contributed by atoms with E-state index in [1.807, 2.05) is 24.3 Å². The van der Waals surface area contributed by atoms with Crippen LogP contribution in [0.1, 0.15) is 33.1 Å². The van der Waals surface area contributed by atoms with Crippen LogP contribution in [-0.4, -0.2) is 32.5 Å². The maximum atomic E-state index is 13.2. The fourth-order valence-corrected chi connectivity index (χ4v) is 3.05. The van der Waals surface area contributed by atoms with Crippen LogP contribution in [0, 0.1) is 0 Å². The van der Waals surface area contributed by atoms with Crippen LogP contribution < -0.4 is 5.32 Å². The molecule has 0 unspecified atom stereocenters. The predicted molar refractivity (Wildman–Crippen MR) is 90.5 cm³/mol. The van der Waals surface area contributed by atoms with Gasteiger partial charge < -0.3 is 14.6 Å². The Labute approximate surface area is 145 Å². The quantitative estimate of drug-likeness (QED) is 0.742. The van der Waals surface area contributed by atoms with Gasteiger partial charge in [-0.1, -0.05) is 6.07 Å². The Kier molecular flexibility index (Phi) is 4.30. The van der Waals surface area contributed by atoms with E-state index in [2.05, 4.69) is 20.5 Å². The van der Waals surface area contributed by atoms with Crippen LogP contribution in [0.5, 0.6) is 0 Å². The first-order valence-corrected chi connectivity index (χ1v) is 8.28. The summed E-state index contributed by atoms with van der Waals surface area (Å²) in [5, 5.41) is 10.6. The topological polar surface area (TPSA) is 87.0 Å². The SMILES string of the molecule is O=C(c1n[nH]c2c1CNCC2)N(Cc1cccnc1)Cc1ccco1. The van der Waals surface area contributed by atoms with Crippen molar-refractivity contribution in [1.82, 2.24) is 25.4 Å². The van der Waals surface area contributed by atoms with Gasteiger partial charge >= 0.3 is 0 Å². The van der Waals surface area contributed by atoms with Gasteiger partial charge in [0, 0.05) is 49.7 Å². The number of carbonyl (C=O) groups excluding carboxylic acids is 1. The fourth-order valence-electron chi connectivity index (χ4n) is 3.05. The largest absolute Gasteiger partial charge is 0.467 e. The van der Waals surface area contributed by atoms with Crippen molar-refractivity contribution in [2.45, 2.75) is 26.1 Å². The number of aromatic nitrogens is 3. The summed E-state index contributed by atoms with van der Waals surface area (Å²) in [7, 11) is 0. The summed E-state index contributed by atoms with van der Waals surface area (Å²) >= 11 is 0. The van der Waals surface area contributed by atoms with Gasteiger partial charge in [-0.3, -0.25) is 14.9 Å². The molecule has 1 aliphatic rings. The summed E-state index contributed by atoms with van der Waals surface area (Å²) in [5.41, 5.74) is 3.45. The molecule has 7 heteroatoms. The smallest absolute Gasteiger partial charge is 0.275 e. The molecule has 0 atom stereocenters. The summed E-state index contributed by atoms with van der Waals surface area (Å²) in [6.45, 7) is 2.39. The number of carbonyl (C=O) groups is 1. The average Bonchev–Trinajstić information content (AvgIpc) is 3.31. The minimum atomic E-state index is -0.110. The van der Waals surface area contributed by atoms with Gasteiger partial charge in [-0.15, -0.1) is 0 Å². The molecular weight excluding hydrogens is 318 g/mol. The highest BCUT2D eigenvalue weighted by Gasteiger charge is 2.26. The van der Waals surface area contributed by atoms with E-state index < -0.39 is 0 Å². The third-order valence-electron chi connectivity index (χ3n) is 4.32. The van der Waals surface area contributed by atoms with Crippen molar-refractivity contribution in [2.24, 2.45) is 0 Å². The van der Waals surface area contributed by atoms with Gasteiger partial charge in [-0.2, -0.15) is 5.10 Å². The first-order valence-electron chi connectivity index (χ1n) is 8.28. The molecule has 25 heavy (non-hydrogen) atoms. The Balaban J connectivity index is 1.62. The number of nitrogens with one attached hydrogen (secondary N) is 2. The zero-order valence-corrected chi connectivity index (χ0v) is 13.7. The summed E-state index contributed by atoms with van der Waals surface area (Å²) < 4.78 is 5.43. The molecule has 7 nitrogen and oxygen atoms in total. The number of fused-ring (bicyclic) bond motifs is 1. The van der Waals surface area contributed by atoms with Crippen LogP contribution in [0.3, 0.4) is 0 Å². The lowest BCUT2D eigenvalue weighted by Gasteiger charge is -2.22. The van der Waals surface area contributed by atoms with Crippen LogP contribution >= 0.6 is 0 Å². The van der Waals surface area contributed by atoms with E-state index in [1.54, 1.807) is 23.6 Å². The highest BCUT2D eigenvalue weighted by Crippen LogP contribution is 2.19.